The molecule has 4 aromatic rings. The van der Waals surface area contributed by atoms with Gasteiger partial charge >= 0.3 is 0 Å². The van der Waals surface area contributed by atoms with Crippen LogP contribution in [-0.4, -0.2) is 31.5 Å². The highest BCUT2D eigenvalue weighted by atomic mass is 32.1. The van der Waals surface area contributed by atoms with Crippen molar-refractivity contribution in [3.8, 4) is 10.8 Å². The second-order valence-electron chi connectivity index (χ2n) is 7.00. The minimum Gasteiger partial charge on any atom is -0.448 e. The minimum atomic E-state index is -0.220. The highest BCUT2D eigenvalue weighted by molar-refractivity contribution is 7.21. The number of likely N-dealkylation sites (N-methyl/N-ethyl adjacent to an activating group) is 1. The Morgan fingerprint density at radius 2 is 1.82 bits per heavy atom. The molecule has 0 bridgehead atoms. The molecule has 0 spiro atoms. The second-order valence-corrected chi connectivity index (χ2v) is 8.03. The van der Waals surface area contributed by atoms with Gasteiger partial charge in [0.05, 0.1) is 24.3 Å². The normalized spacial score (nSPS) is 12.4. The van der Waals surface area contributed by atoms with Crippen LogP contribution < -0.4 is 10.2 Å². The Balaban J connectivity index is 1.54. The van der Waals surface area contributed by atoms with Gasteiger partial charge in [-0.05, 0) is 29.8 Å². The molecular weight excluding hydrogens is 370 g/mol. The number of thiazole rings is 1. The largest absolute Gasteiger partial charge is 0.448 e. The first-order valence-electron chi connectivity index (χ1n) is 9.21. The minimum absolute atomic E-state index is 0.0882. The van der Waals surface area contributed by atoms with E-state index >= 15 is 0 Å². The summed E-state index contributed by atoms with van der Waals surface area (Å²) in [5.74, 6) is 0.687. The molecule has 142 valence electrons. The van der Waals surface area contributed by atoms with Gasteiger partial charge in [-0.3, -0.25) is 4.79 Å². The quantitative estimate of drug-likeness (QED) is 0.530. The lowest BCUT2D eigenvalue weighted by atomic mass is 10.1. The fourth-order valence-corrected chi connectivity index (χ4v) is 4.06. The smallest absolute Gasteiger partial charge is 0.287 e. The molecule has 2 aromatic heterocycles. The Morgan fingerprint density at radius 1 is 1.07 bits per heavy atom. The zero-order valence-electron chi connectivity index (χ0n) is 15.8. The lowest BCUT2D eigenvalue weighted by molar-refractivity contribution is -0.860. The lowest BCUT2D eigenvalue weighted by Crippen LogP contribution is -3.06. The summed E-state index contributed by atoms with van der Waals surface area (Å²) in [6, 6.07) is 21.4. The van der Waals surface area contributed by atoms with E-state index in [4.69, 9.17) is 4.42 Å². The highest BCUT2D eigenvalue weighted by Crippen LogP contribution is 2.31. The van der Waals surface area contributed by atoms with E-state index in [2.05, 4.69) is 24.4 Å². The first-order valence-corrected chi connectivity index (χ1v) is 10.0. The maximum absolute atomic E-state index is 12.8. The predicted octanol–water partition coefficient (Wildman–Crippen LogP) is 3.17. The maximum atomic E-state index is 12.8. The van der Waals surface area contributed by atoms with Gasteiger partial charge in [-0.15, -0.1) is 11.3 Å². The van der Waals surface area contributed by atoms with E-state index in [1.165, 1.54) is 4.90 Å². The van der Waals surface area contributed by atoms with Crippen molar-refractivity contribution < 1.29 is 14.1 Å². The van der Waals surface area contributed by atoms with Gasteiger partial charge in [0, 0.05) is 0 Å². The zero-order valence-corrected chi connectivity index (χ0v) is 16.6. The van der Waals surface area contributed by atoms with Crippen molar-refractivity contribution in [1.82, 2.24) is 10.3 Å². The van der Waals surface area contributed by atoms with Crippen molar-refractivity contribution in [3.05, 3.63) is 78.1 Å². The average Bonchev–Trinajstić information content (AvgIpc) is 3.34. The van der Waals surface area contributed by atoms with Gasteiger partial charge in [0.25, 0.3) is 5.91 Å². The summed E-state index contributed by atoms with van der Waals surface area (Å²) in [5, 5.41) is 3.88. The average molecular weight is 393 g/mol. The van der Waals surface area contributed by atoms with E-state index in [1.54, 1.807) is 23.5 Å². The van der Waals surface area contributed by atoms with Gasteiger partial charge in [0.15, 0.2) is 16.5 Å². The summed E-state index contributed by atoms with van der Waals surface area (Å²) in [4.78, 5) is 18.6. The standard InChI is InChI=1S/C22H21N3O2S/c1-25(2)14-17(15-8-4-3-5-9-15)23-21(26)18-12-13-19(27-18)22-24-16-10-6-7-11-20(16)28-22/h3-13,17H,14H2,1-2H3,(H,23,26)/p+1/t17-/m0/s1. The SMILES string of the molecule is C[NH+](C)C[C@H](NC(=O)c1ccc(-c2nc3ccccc3s2)o1)c1ccccc1. The first kappa shape index (κ1) is 18.4. The zero-order chi connectivity index (χ0) is 19.5. The number of furan rings is 1. The molecule has 0 unspecified atom stereocenters. The molecule has 0 radical (unpaired) electrons. The number of amides is 1. The molecule has 4 rings (SSSR count). The van der Waals surface area contributed by atoms with Crippen LogP contribution in [0.15, 0.2) is 71.1 Å². The van der Waals surface area contributed by atoms with Gasteiger partial charge in [-0.1, -0.05) is 42.5 Å². The Kier molecular flexibility index (Phi) is 5.23. The maximum Gasteiger partial charge on any atom is 0.287 e. The van der Waals surface area contributed by atoms with E-state index in [0.717, 1.165) is 27.3 Å². The Bertz CT molecular complexity index is 1050. The van der Waals surface area contributed by atoms with Crippen LogP contribution in [0.1, 0.15) is 22.2 Å². The molecule has 6 heteroatoms. The molecule has 0 saturated heterocycles. The van der Waals surface area contributed by atoms with Crippen LogP contribution >= 0.6 is 11.3 Å². The van der Waals surface area contributed by atoms with Crippen molar-refractivity contribution in [3.63, 3.8) is 0 Å². The van der Waals surface area contributed by atoms with Crippen molar-refractivity contribution >= 4 is 27.5 Å². The van der Waals surface area contributed by atoms with E-state index in [1.807, 2.05) is 54.6 Å². The molecule has 0 aliphatic heterocycles. The number of para-hydroxylation sites is 1. The highest BCUT2D eigenvalue weighted by Gasteiger charge is 2.21. The number of fused-ring (bicyclic) bond motifs is 1. The molecule has 28 heavy (non-hydrogen) atoms. The Morgan fingerprint density at radius 3 is 2.57 bits per heavy atom. The number of nitrogens with one attached hydrogen (secondary N) is 2. The van der Waals surface area contributed by atoms with Gasteiger partial charge in [0.1, 0.15) is 12.6 Å². The van der Waals surface area contributed by atoms with E-state index in [0.29, 0.717) is 11.5 Å². The van der Waals surface area contributed by atoms with Crippen LogP contribution in [0.3, 0.4) is 0 Å². The number of nitrogens with zero attached hydrogens (tertiary/aromatic N) is 1. The van der Waals surface area contributed by atoms with Crippen LogP contribution in [0.25, 0.3) is 21.0 Å². The summed E-state index contributed by atoms with van der Waals surface area (Å²) in [6.45, 7) is 0.779. The molecule has 1 amide bonds. The van der Waals surface area contributed by atoms with Crippen LogP contribution in [0, 0.1) is 0 Å². The topological polar surface area (TPSA) is 59.6 Å². The number of carbonyl (C=O) groups excluding carboxylic acids is 1. The third kappa shape index (κ3) is 3.98. The van der Waals surface area contributed by atoms with Gasteiger partial charge < -0.3 is 14.6 Å². The number of aromatic nitrogens is 1. The summed E-state index contributed by atoms with van der Waals surface area (Å²) in [7, 11) is 4.14. The Labute approximate surface area is 167 Å². The van der Waals surface area contributed by atoms with Gasteiger partial charge in [-0.2, -0.15) is 0 Å². The fourth-order valence-electron chi connectivity index (χ4n) is 3.13. The predicted molar refractivity (Wildman–Crippen MR) is 112 cm³/mol. The van der Waals surface area contributed by atoms with Crippen LogP contribution in [0.2, 0.25) is 0 Å². The van der Waals surface area contributed by atoms with Crippen LogP contribution in [-0.2, 0) is 0 Å². The van der Waals surface area contributed by atoms with E-state index in [9.17, 15) is 4.79 Å². The third-order valence-electron chi connectivity index (χ3n) is 4.45. The number of hydrogen-bond acceptors (Lipinski definition) is 4. The molecule has 0 aliphatic rings. The number of hydrogen-bond donors (Lipinski definition) is 2. The first-order chi connectivity index (χ1) is 13.6. The molecule has 0 saturated carbocycles. The molecule has 5 nitrogen and oxygen atoms in total. The van der Waals surface area contributed by atoms with Crippen molar-refractivity contribution in [2.24, 2.45) is 0 Å². The molecule has 2 aromatic carbocycles. The van der Waals surface area contributed by atoms with Crippen molar-refractivity contribution in [2.45, 2.75) is 6.04 Å². The van der Waals surface area contributed by atoms with Gasteiger partial charge in [0.2, 0.25) is 0 Å². The van der Waals surface area contributed by atoms with Crippen LogP contribution in [0.4, 0.5) is 0 Å². The molecule has 0 aliphatic carbocycles. The van der Waals surface area contributed by atoms with Crippen molar-refractivity contribution in [2.75, 3.05) is 20.6 Å². The van der Waals surface area contributed by atoms with Gasteiger partial charge in [-0.25, -0.2) is 4.98 Å². The number of rotatable bonds is 6. The van der Waals surface area contributed by atoms with E-state index in [-0.39, 0.29) is 11.9 Å². The second kappa shape index (κ2) is 7.96. The Hall–Kier alpha value is -2.96. The van der Waals surface area contributed by atoms with E-state index < -0.39 is 0 Å². The third-order valence-corrected chi connectivity index (χ3v) is 5.51. The monoisotopic (exact) mass is 392 g/mol. The summed E-state index contributed by atoms with van der Waals surface area (Å²) in [6.07, 6.45) is 0. The fraction of sp³-hybridized carbons (Fsp3) is 0.182. The summed E-state index contributed by atoms with van der Waals surface area (Å²) >= 11 is 1.55. The molecule has 2 N–H and O–H groups in total. The molecule has 2 heterocycles. The van der Waals surface area contributed by atoms with Crippen molar-refractivity contribution in [1.29, 1.82) is 0 Å². The number of quaternary nitrogens is 1. The molecule has 1 atom stereocenters. The summed E-state index contributed by atoms with van der Waals surface area (Å²) < 4.78 is 6.93. The number of carbonyl (C=O) groups is 1. The summed E-state index contributed by atoms with van der Waals surface area (Å²) in [5.41, 5.74) is 2.01. The molecule has 0 fully saturated rings. The van der Waals surface area contributed by atoms with Crippen LogP contribution in [0.5, 0.6) is 0 Å². The molecular formula is C22H22N3O2S+. The lowest BCUT2D eigenvalue weighted by Gasteiger charge is -2.20. The number of benzene rings is 2.